The van der Waals surface area contributed by atoms with Crippen LogP contribution in [0.3, 0.4) is 0 Å². The smallest absolute Gasteiger partial charge is 0.264 e. The Kier molecular flexibility index (Phi) is 5.41. The zero-order valence-electron chi connectivity index (χ0n) is 11.8. The Hall–Kier alpha value is -1.79. The lowest BCUT2D eigenvalue weighted by Crippen LogP contribution is -2.34. The predicted molar refractivity (Wildman–Crippen MR) is 88.1 cm³/mol. The average Bonchev–Trinajstić information content (AvgIpc) is 3.01. The van der Waals surface area contributed by atoms with E-state index in [1.807, 2.05) is 42.0 Å². The molecule has 0 atom stereocenters. The summed E-state index contributed by atoms with van der Waals surface area (Å²) in [6.45, 7) is 0.0272. The Balaban J connectivity index is 1.97. The normalized spacial score (nSPS) is 10.2. The van der Waals surface area contributed by atoms with E-state index >= 15 is 0 Å². The summed E-state index contributed by atoms with van der Waals surface area (Å²) in [6.07, 6.45) is 1.96. The summed E-state index contributed by atoms with van der Waals surface area (Å²) < 4.78 is 0. The summed E-state index contributed by atoms with van der Waals surface area (Å²) in [5.41, 5.74) is 0.770. The van der Waals surface area contributed by atoms with Gasteiger partial charge in [0, 0.05) is 11.9 Å². The van der Waals surface area contributed by atoms with Gasteiger partial charge in [0.2, 0.25) is 5.91 Å². The van der Waals surface area contributed by atoms with Gasteiger partial charge in [-0.25, -0.2) is 0 Å². The first-order valence-electron chi connectivity index (χ1n) is 6.33. The third-order valence-corrected chi connectivity index (χ3v) is 4.49. The highest BCUT2D eigenvalue weighted by atomic mass is 32.2. The standard InChI is InChI=1S/C15H16N2O2S2/c1-17(15(19)13-8-5-9-21-13)10-14(18)16-11-6-3-4-7-12(11)20-2/h3-9H,10H2,1-2H3,(H,16,18). The number of para-hydroxylation sites is 1. The van der Waals surface area contributed by atoms with E-state index in [-0.39, 0.29) is 18.4 Å². The lowest BCUT2D eigenvalue weighted by atomic mass is 10.3. The topological polar surface area (TPSA) is 49.4 Å². The van der Waals surface area contributed by atoms with E-state index < -0.39 is 0 Å². The van der Waals surface area contributed by atoms with Crippen molar-refractivity contribution < 1.29 is 9.59 Å². The van der Waals surface area contributed by atoms with Gasteiger partial charge in [-0.1, -0.05) is 18.2 Å². The largest absolute Gasteiger partial charge is 0.332 e. The van der Waals surface area contributed by atoms with Gasteiger partial charge in [-0.3, -0.25) is 9.59 Å². The van der Waals surface area contributed by atoms with Crippen LogP contribution >= 0.6 is 23.1 Å². The van der Waals surface area contributed by atoms with Crippen molar-refractivity contribution in [3.63, 3.8) is 0 Å². The third kappa shape index (κ3) is 4.09. The van der Waals surface area contributed by atoms with Gasteiger partial charge < -0.3 is 10.2 Å². The summed E-state index contributed by atoms with van der Waals surface area (Å²) in [6, 6.07) is 11.2. The second kappa shape index (κ2) is 7.28. The molecule has 1 aromatic carbocycles. The van der Waals surface area contributed by atoms with Crippen molar-refractivity contribution >= 4 is 40.6 Å². The number of thioether (sulfide) groups is 1. The highest BCUT2D eigenvalue weighted by molar-refractivity contribution is 7.98. The number of nitrogens with one attached hydrogen (secondary N) is 1. The first kappa shape index (κ1) is 15.6. The second-order valence-electron chi connectivity index (χ2n) is 4.39. The van der Waals surface area contributed by atoms with Crippen molar-refractivity contribution in [1.29, 1.82) is 0 Å². The first-order valence-corrected chi connectivity index (χ1v) is 8.44. The van der Waals surface area contributed by atoms with E-state index in [9.17, 15) is 9.59 Å². The minimum Gasteiger partial charge on any atom is -0.332 e. The Morgan fingerprint density at radius 1 is 1.24 bits per heavy atom. The lowest BCUT2D eigenvalue weighted by molar-refractivity contribution is -0.116. The summed E-state index contributed by atoms with van der Waals surface area (Å²) in [5.74, 6) is -0.345. The fraction of sp³-hybridized carbons (Fsp3) is 0.200. The average molecular weight is 320 g/mol. The number of thiophene rings is 1. The summed E-state index contributed by atoms with van der Waals surface area (Å²) in [7, 11) is 1.63. The van der Waals surface area contributed by atoms with Crippen molar-refractivity contribution in [2.75, 3.05) is 25.2 Å². The Morgan fingerprint density at radius 3 is 2.67 bits per heavy atom. The predicted octanol–water partition coefficient (Wildman–Crippen LogP) is 3.18. The molecule has 0 spiro atoms. The fourth-order valence-electron chi connectivity index (χ4n) is 1.81. The van der Waals surface area contributed by atoms with Crippen LogP contribution in [0.1, 0.15) is 9.67 Å². The van der Waals surface area contributed by atoms with Crippen LogP contribution in [-0.2, 0) is 4.79 Å². The van der Waals surface area contributed by atoms with Crippen LogP contribution in [0.4, 0.5) is 5.69 Å². The quantitative estimate of drug-likeness (QED) is 0.861. The molecule has 0 bridgehead atoms. The van der Waals surface area contributed by atoms with E-state index in [0.29, 0.717) is 4.88 Å². The maximum absolute atomic E-state index is 12.1. The zero-order chi connectivity index (χ0) is 15.2. The molecule has 0 saturated carbocycles. The van der Waals surface area contributed by atoms with Gasteiger partial charge in [0.15, 0.2) is 0 Å². The number of carbonyl (C=O) groups is 2. The molecule has 0 saturated heterocycles. The van der Waals surface area contributed by atoms with E-state index in [0.717, 1.165) is 10.6 Å². The van der Waals surface area contributed by atoms with Gasteiger partial charge in [0.25, 0.3) is 5.91 Å². The van der Waals surface area contributed by atoms with Gasteiger partial charge in [-0.15, -0.1) is 23.1 Å². The van der Waals surface area contributed by atoms with Gasteiger partial charge in [0.05, 0.1) is 17.1 Å². The molecule has 4 nitrogen and oxygen atoms in total. The van der Waals surface area contributed by atoms with Crippen LogP contribution in [0.15, 0.2) is 46.7 Å². The molecule has 2 amide bonds. The number of carbonyl (C=O) groups excluding carboxylic acids is 2. The number of rotatable bonds is 5. The molecule has 2 aromatic rings. The summed E-state index contributed by atoms with van der Waals surface area (Å²) in [4.78, 5) is 27.2. The summed E-state index contributed by atoms with van der Waals surface area (Å²) >= 11 is 2.94. The molecule has 110 valence electrons. The molecule has 0 aliphatic heterocycles. The first-order chi connectivity index (χ1) is 10.1. The molecular formula is C15H16N2O2S2. The summed E-state index contributed by atoms with van der Waals surface area (Å²) in [5, 5.41) is 4.69. The molecule has 0 fully saturated rings. The number of anilines is 1. The highest BCUT2D eigenvalue weighted by Gasteiger charge is 2.16. The Labute approximate surface area is 132 Å². The molecule has 0 aliphatic rings. The van der Waals surface area contributed by atoms with Gasteiger partial charge >= 0.3 is 0 Å². The molecule has 6 heteroatoms. The van der Waals surface area contributed by atoms with Gasteiger partial charge in [-0.05, 0) is 29.8 Å². The number of amides is 2. The molecular weight excluding hydrogens is 304 g/mol. The van der Waals surface area contributed by atoms with E-state index in [4.69, 9.17) is 0 Å². The van der Waals surface area contributed by atoms with Crippen LogP contribution in [0.2, 0.25) is 0 Å². The number of likely N-dealkylation sites (N-methyl/N-ethyl adjacent to an activating group) is 1. The minimum atomic E-state index is -0.205. The number of hydrogen-bond donors (Lipinski definition) is 1. The maximum atomic E-state index is 12.1. The highest BCUT2D eigenvalue weighted by Crippen LogP contribution is 2.24. The molecule has 0 unspecified atom stereocenters. The second-order valence-corrected chi connectivity index (χ2v) is 6.18. The number of benzene rings is 1. The molecule has 2 rings (SSSR count). The maximum Gasteiger partial charge on any atom is 0.264 e. The van der Waals surface area contributed by atoms with Crippen molar-refractivity contribution in [2.24, 2.45) is 0 Å². The van der Waals surface area contributed by atoms with Gasteiger partial charge in [-0.2, -0.15) is 0 Å². The SMILES string of the molecule is CSc1ccccc1NC(=O)CN(C)C(=O)c1cccs1. The van der Waals surface area contributed by atoms with E-state index in [1.54, 1.807) is 24.9 Å². The van der Waals surface area contributed by atoms with Crippen LogP contribution in [0, 0.1) is 0 Å². The molecule has 1 aromatic heterocycles. The monoisotopic (exact) mass is 320 g/mol. The van der Waals surface area contributed by atoms with E-state index in [1.165, 1.54) is 16.2 Å². The molecule has 0 aliphatic carbocycles. The Bertz CT molecular complexity index is 626. The van der Waals surface area contributed by atoms with Crippen LogP contribution in [0.5, 0.6) is 0 Å². The van der Waals surface area contributed by atoms with Crippen molar-refractivity contribution in [2.45, 2.75) is 4.90 Å². The number of nitrogens with zero attached hydrogens (tertiary/aromatic N) is 1. The van der Waals surface area contributed by atoms with Crippen LogP contribution < -0.4 is 5.32 Å². The third-order valence-electron chi connectivity index (χ3n) is 2.84. The lowest BCUT2D eigenvalue weighted by Gasteiger charge is -2.16. The minimum absolute atomic E-state index is 0.0272. The fourth-order valence-corrected chi connectivity index (χ4v) is 3.08. The van der Waals surface area contributed by atoms with Gasteiger partial charge in [0.1, 0.15) is 0 Å². The van der Waals surface area contributed by atoms with Crippen molar-refractivity contribution in [1.82, 2.24) is 4.90 Å². The molecule has 1 heterocycles. The van der Waals surface area contributed by atoms with Crippen LogP contribution in [0.25, 0.3) is 0 Å². The molecule has 1 N–H and O–H groups in total. The van der Waals surface area contributed by atoms with Crippen molar-refractivity contribution in [3.05, 3.63) is 46.7 Å². The van der Waals surface area contributed by atoms with Crippen LogP contribution in [-0.4, -0.2) is 36.6 Å². The number of hydrogen-bond acceptors (Lipinski definition) is 4. The molecule has 0 radical (unpaired) electrons. The molecule has 21 heavy (non-hydrogen) atoms. The zero-order valence-corrected chi connectivity index (χ0v) is 13.5. The van der Waals surface area contributed by atoms with Crippen molar-refractivity contribution in [3.8, 4) is 0 Å². The Morgan fingerprint density at radius 2 is 2.00 bits per heavy atom. The van der Waals surface area contributed by atoms with E-state index in [2.05, 4.69) is 5.32 Å².